The molecule has 5 fully saturated rings. The van der Waals surface area contributed by atoms with Crippen LogP contribution in [0.15, 0.2) is 12.1 Å². The van der Waals surface area contributed by atoms with Gasteiger partial charge in [-0.05, 0) is 83.1 Å². The molecule has 1 aromatic rings. The molecule has 5 saturated carbocycles. The summed E-state index contributed by atoms with van der Waals surface area (Å²) in [7, 11) is 6.42. The van der Waals surface area contributed by atoms with Crippen LogP contribution in [0.3, 0.4) is 0 Å². The first-order valence-corrected chi connectivity index (χ1v) is 12.7. The monoisotopic (exact) mass is 466 g/mol. The van der Waals surface area contributed by atoms with Crippen LogP contribution < -0.4 is 9.47 Å². The Labute approximate surface area is 200 Å². The fourth-order valence-electron chi connectivity index (χ4n) is 11.6. The minimum absolute atomic E-state index is 0.167. The lowest BCUT2D eigenvalue weighted by Crippen LogP contribution is -2.81. The van der Waals surface area contributed by atoms with Gasteiger partial charge < -0.3 is 18.9 Å². The van der Waals surface area contributed by atoms with Crippen LogP contribution in [-0.2, 0) is 19.1 Å². The highest BCUT2D eigenvalue weighted by molar-refractivity contribution is 5.84. The molecule has 7 rings (SSSR count). The highest BCUT2D eigenvalue weighted by atomic mass is 16.5. The van der Waals surface area contributed by atoms with Crippen molar-refractivity contribution in [1.82, 2.24) is 0 Å². The predicted molar refractivity (Wildman–Crippen MR) is 122 cm³/mol. The second kappa shape index (κ2) is 6.30. The summed E-state index contributed by atoms with van der Waals surface area (Å²) in [6.45, 7) is 4.98. The van der Waals surface area contributed by atoms with E-state index >= 15 is 0 Å². The molecular formula is C28H34O6. The van der Waals surface area contributed by atoms with Crippen LogP contribution in [0.25, 0.3) is 0 Å². The van der Waals surface area contributed by atoms with Crippen LogP contribution in [-0.4, -0.2) is 40.4 Å². The van der Waals surface area contributed by atoms with Gasteiger partial charge in [-0.15, -0.1) is 0 Å². The summed E-state index contributed by atoms with van der Waals surface area (Å²) in [6.07, 6.45) is 2.09. The van der Waals surface area contributed by atoms with Gasteiger partial charge in [0, 0.05) is 11.1 Å². The van der Waals surface area contributed by atoms with Crippen molar-refractivity contribution in [2.75, 3.05) is 28.4 Å². The highest BCUT2D eigenvalue weighted by Crippen LogP contribution is 2.95. The van der Waals surface area contributed by atoms with Crippen molar-refractivity contribution in [3.63, 3.8) is 0 Å². The topological polar surface area (TPSA) is 71.1 Å². The SMILES string of the molecule is COC(=O)[C@@H]1[C@H](C(=O)OC)[C@@H]2C[C@H]1C1C2C2(C)C3C4C[C@@H](c5c(OC)ccc(OC)c54)C3[C@@]12C. The van der Waals surface area contributed by atoms with E-state index in [0.29, 0.717) is 35.5 Å². The number of esters is 2. The fraction of sp³-hybridized carbons (Fsp3) is 0.714. The Bertz CT molecular complexity index is 1040. The number of methoxy groups -OCH3 is 4. The number of benzene rings is 1. The minimum Gasteiger partial charge on any atom is -0.496 e. The van der Waals surface area contributed by atoms with Crippen molar-refractivity contribution in [3.05, 3.63) is 23.3 Å². The molecule has 6 aliphatic carbocycles. The van der Waals surface area contributed by atoms with Crippen molar-refractivity contribution in [2.45, 2.75) is 38.5 Å². The summed E-state index contributed by atoms with van der Waals surface area (Å²) < 4.78 is 22.1. The van der Waals surface area contributed by atoms with E-state index in [4.69, 9.17) is 18.9 Å². The van der Waals surface area contributed by atoms with E-state index in [1.54, 1.807) is 14.2 Å². The molecule has 12 atom stereocenters. The van der Waals surface area contributed by atoms with Gasteiger partial charge in [0.15, 0.2) is 0 Å². The number of carbonyl (C=O) groups excluding carboxylic acids is 2. The summed E-state index contributed by atoms with van der Waals surface area (Å²) in [4.78, 5) is 25.8. The van der Waals surface area contributed by atoms with Crippen LogP contribution >= 0.6 is 0 Å². The first-order valence-electron chi connectivity index (χ1n) is 12.7. The first-order chi connectivity index (χ1) is 16.3. The molecule has 0 aliphatic heterocycles. The average molecular weight is 467 g/mol. The van der Waals surface area contributed by atoms with Gasteiger partial charge in [0.05, 0.1) is 40.3 Å². The summed E-state index contributed by atoms with van der Waals surface area (Å²) in [6, 6.07) is 4.12. The standard InChI is InChI=1S/C28H34O6/c1-27-21-11-9-12(18-16(32-4)8-7-15(31-3)17(11)18)22(21)28(27,2)24-14-10-13(23(24)27)19(25(29)33-5)20(14)26(30)34-6/h7-8,11-14,19-24H,9-10H2,1-6H3/t11-,12?,13+,14-,19-,20+,21?,22?,23?,24?,27-,28?/m0/s1. The van der Waals surface area contributed by atoms with E-state index in [1.807, 2.05) is 0 Å². The van der Waals surface area contributed by atoms with E-state index in [1.165, 1.54) is 25.3 Å². The number of fused-ring (bicyclic) bond motifs is 18. The normalized spacial score (nSPS) is 49.7. The molecule has 6 nitrogen and oxygen atoms in total. The zero-order chi connectivity index (χ0) is 23.9. The molecule has 0 spiro atoms. The Kier molecular flexibility index (Phi) is 3.91. The molecule has 6 unspecified atom stereocenters. The van der Waals surface area contributed by atoms with Gasteiger partial charge in [-0.3, -0.25) is 9.59 Å². The van der Waals surface area contributed by atoms with Gasteiger partial charge in [0.25, 0.3) is 0 Å². The van der Waals surface area contributed by atoms with Crippen molar-refractivity contribution >= 4 is 11.9 Å². The third kappa shape index (κ3) is 1.84. The number of ether oxygens (including phenoxy) is 4. The largest absolute Gasteiger partial charge is 0.496 e. The smallest absolute Gasteiger partial charge is 0.309 e. The summed E-state index contributed by atoms with van der Waals surface area (Å²) in [5.74, 6) is 4.23. The molecule has 182 valence electrons. The molecule has 6 heteroatoms. The Morgan fingerprint density at radius 2 is 1.12 bits per heavy atom. The maximum absolute atomic E-state index is 12.9. The Morgan fingerprint density at radius 3 is 1.47 bits per heavy atom. The zero-order valence-corrected chi connectivity index (χ0v) is 20.8. The number of hydrogen-bond acceptors (Lipinski definition) is 6. The van der Waals surface area contributed by atoms with E-state index < -0.39 is 0 Å². The van der Waals surface area contributed by atoms with Crippen molar-refractivity contribution in [3.8, 4) is 11.5 Å². The lowest BCUT2D eigenvalue weighted by molar-refractivity contribution is -0.368. The van der Waals surface area contributed by atoms with Gasteiger partial charge in [-0.2, -0.15) is 0 Å². The summed E-state index contributed by atoms with van der Waals surface area (Å²) in [5, 5.41) is 0. The van der Waals surface area contributed by atoms with Crippen molar-refractivity contribution in [1.29, 1.82) is 0 Å². The maximum atomic E-state index is 12.9. The van der Waals surface area contributed by atoms with E-state index in [2.05, 4.69) is 26.0 Å². The maximum Gasteiger partial charge on any atom is 0.309 e. The zero-order valence-electron chi connectivity index (χ0n) is 20.8. The third-order valence-corrected chi connectivity index (χ3v) is 12.2. The van der Waals surface area contributed by atoms with Gasteiger partial charge >= 0.3 is 11.9 Å². The molecule has 0 aromatic heterocycles. The first kappa shape index (κ1) is 21.1. The van der Waals surface area contributed by atoms with Gasteiger partial charge in [0.1, 0.15) is 11.5 Å². The Balaban J connectivity index is 1.33. The number of hydrogen-bond donors (Lipinski definition) is 0. The Morgan fingerprint density at radius 1 is 0.706 bits per heavy atom. The molecule has 0 radical (unpaired) electrons. The fourth-order valence-corrected chi connectivity index (χ4v) is 11.6. The molecule has 0 amide bonds. The second-order valence-corrected chi connectivity index (χ2v) is 12.1. The van der Waals surface area contributed by atoms with E-state index in [-0.39, 0.29) is 46.4 Å². The molecule has 4 bridgehead atoms. The van der Waals surface area contributed by atoms with E-state index in [9.17, 15) is 9.59 Å². The third-order valence-electron chi connectivity index (χ3n) is 12.2. The molecule has 0 heterocycles. The lowest BCUT2D eigenvalue weighted by Gasteiger charge is -2.84. The summed E-state index contributed by atoms with van der Waals surface area (Å²) >= 11 is 0. The second-order valence-electron chi connectivity index (χ2n) is 12.1. The molecule has 34 heavy (non-hydrogen) atoms. The van der Waals surface area contributed by atoms with Gasteiger partial charge in [0.2, 0.25) is 0 Å². The molecule has 1 aromatic carbocycles. The van der Waals surface area contributed by atoms with Crippen LogP contribution in [0.1, 0.15) is 49.7 Å². The number of rotatable bonds is 4. The van der Waals surface area contributed by atoms with Gasteiger partial charge in [-0.25, -0.2) is 0 Å². The van der Waals surface area contributed by atoms with Crippen LogP contribution in [0, 0.1) is 58.2 Å². The number of carbonyl (C=O) groups is 2. The Hall–Kier alpha value is -2.24. The molecule has 0 saturated heterocycles. The molecule has 6 aliphatic rings. The summed E-state index contributed by atoms with van der Waals surface area (Å²) in [5.41, 5.74) is 3.06. The van der Waals surface area contributed by atoms with Gasteiger partial charge in [-0.1, -0.05) is 13.8 Å². The molecule has 0 N–H and O–H groups in total. The van der Waals surface area contributed by atoms with Crippen LogP contribution in [0.4, 0.5) is 0 Å². The van der Waals surface area contributed by atoms with Crippen LogP contribution in [0.5, 0.6) is 11.5 Å². The minimum atomic E-state index is -0.371. The quantitative estimate of drug-likeness (QED) is 0.493. The lowest BCUT2D eigenvalue weighted by atomic mass is 9.19. The highest BCUT2D eigenvalue weighted by Gasteiger charge is 2.90. The van der Waals surface area contributed by atoms with Crippen molar-refractivity contribution in [2.24, 2.45) is 58.2 Å². The van der Waals surface area contributed by atoms with E-state index in [0.717, 1.165) is 24.3 Å². The molecular weight excluding hydrogens is 432 g/mol. The van der Waals surface area contributed by atoms with Crippen molar-refractivity contribution < 1.29 is 28.5 Å². The average Bonchev–Trinajstić information content (AvgIpc) is 3.61. The van der Waals surface area contributed by atoms with Crippen LogP contribution in [0.2, 0.25) is 0 Å². The predicted octanol–water partition coefficient (Wildman–Crippen LogP) is 4.02.